The Bertz CT molecular complexity index is 1220. The van der Waals surface area contributed by atoms with Crippen LogP contribution in [0, 0.1) is 12.3 Å². The Hall–Kier alpha value is -2.78. The van der Waals surface area contributed by atoms with Crippen molar-refractivity contribution in [2.45, 2.75) is 57.9 Å². The van der Waals surface area contributed by atoms with Crippen LogP contribution in [0.25, 0.3) is 11.3 Å². The molecule has 4 bridgehead atoms. The number of aromatic nitrogens is 2. The van der Waals surface area contributed by atoms with E-state index in [4.69, 9.17) is 4.98 Å². The van der Waals surface area contributed by atoms with E-state index in [-0.39, 0.29) is 0 Å². The summed E-state index contributed by atoms with van der Waals surface area (Å²) < 4.78 is 16.2. The molecule has 1 aliphatic rings. The average molecular weight is 513 g/mol. The van der Waals surface area contributed by atoms with E-state index in [1.54, 1.807) is 19.9 Å². The number of hydrogen-bond donors (Lipinski definition) is 2. The molecule has 0 amide bonds. The molecule has 7 nitrogen and oxygen atoms in total. The second kappa shape index (κ2) is 10.9. The summed E-state index contributed by atoms with van der Waals surface area (Å²) in [4.78, 5) is 24.3. The number of aliphatic carboxylic acids is 1. The minimum Gasteiger partial charge on any atom is -0.481 e. The highest BCUT2D eigenvalue weighted by Gasteiger charge is 2.30. The summed E-state index contributed by atoms with van der Waals surface area (Å²) >= 11 is 1.48. The van der Waals surface area contributed by atoms with Gasteiger partial charge in [0.25, 0.3) is 0 Å². The number of fused-ring (bicyclic) bond motifs is 6. The average Bonchev–Trinajstić information content (AvgIpc) is 3.19. The third-order valence-electron chi connectivity index (χ3n) is 6.26. The normalized spacial score (nSPS) is 17.2. The van der Waals surface area contributed by atoms with Crippen molar-refractivity contribution in [3.63, 3.8) is 0 Å². The predicted molar refractivity (Wildman–Crippen MR) is 142 cm³/mol. The lowest BCUT2D eigenvalue weighted by Crippen LogP contribution is -2.40. The fourth-order valence-electron chi connectivity index (χ4n) is 4.27. The van der Waals surface area contributed by atoms with E-state index in [0.29, 0.717) is 29.1 Å². The summed E-state index contributed by atoms with van der Waals surface area (Å²) in [6.45, 7) is 6.50. The Labute approximate surface area is 213 Å². The van der Waals surface area contributed by atoms with Crippen LogP contribution >= 0.6 is 11.3 Å². The van der Waals surface area contributed by atoms with Gasteiger partial charge in [0.2, 0.25) is 0 Å². The van der Waals surface area contributed by atoms with E-state index in [9.17, 15) is 14.1 Å². The summed E-state index contributed by atoms with van der Waals surface area (Å²) in [5.41, 5.74) is 2.40. The van der Waals surface area contributed by atoms with Crippen molar-refractivity contribution >= 4 is 39.2 Å². The Balaban J connectivity index is 1.68. The van der Waals surface area contributed by atoms with Crippen molar-refractivity contribution in [3.8, 4) is 11.3 Å². The van der Waals surface area contributed by atoms with Crippen LogP contribution in [0.2, 0.25) is 0 Å². The van der Waals surface area contributed by atoms with E-state index in [1.807, 2.05) is 30.0 Å². The maximum Gasteiger partial charge on any atom is 0.310 e. The van der Waals surface area contributed by atoms with Gasteiger partial charge in [-0.3, -0.25) is 9.52 Å². The molecule has 0 saturated carbocycles. The number of carboxylic acid groups (broad SMARTS) is 1. The molecule has 0 fully saturated rings. The molecule has 3 aromatic rings. The van der Waals surface area contributed by atoms with Gasteiger partial charge in [0.1, 0.15) is 5.82 Å². The number of rotatable bonds is 3. The van der Waals surface area contributed by atoms with Crippen molar-refractivity contribution in [3.05, 3.63) is 52.9 Å². The molecule has 1 unspecified atom stereocenters. The van der Waals surface area contributed by atoms with Gasteiger partial charge in [-0.15, -0.1) is 11.3 Å². The number of hydrogen-bond acceptors (Lipinski definition) is 6. The molecule has 35 heavy (non-hydrogen) atoms. The number of carboxylic acids is 1. The SMILES string of the molecule is Cc1sc2nc1-c1ccccc1CCCCCCN(CC(C)(C)C(=O)O)c1cccc(n1)S(=O)N2. The lowest BCUT2D eigenvalue weighted by Gasteiger charge is -2.31. The standard InChI is InChI=1S/C26H32N4O3S2/c1-18-23-20-13-8-7-12-19(20)11-6-4-5-9-16-30(17-26(2,3)24(31)32)21-14-10-15-22(27-21)35(33)29-25(28-23)34-18/h7-8,10,12-15H,4-6,9,11,16-17H2,1-3H3,(H,28,29)(H,31,32). The van der Waals surface area contributed by atoms with Crippen LogP contribution in [0.5, 0.6) is 0 Å². The lowest BCUT2D eigenvalue weighted by atomic mass is 9.93. The van der Waals surface area contributed by atoms with Crippen molar-refractivity contribution in [1.29, 1.82) is 0 Å². The van der Waals surface area contributed by atoms with Gasteiger partial charge < -0.3 is 10.0 Å². The van der Waals surface area contributed by atoms with Crippen LogP contribution in [0.3, 0.4) is 0 Å². The largest absolute Gasteiger partial charge is 0.481 e. The Morgan fingerprint density at radius 1 is 1.11 bits per heavy atom. The molecule has 2 N–H and O–H groups in total. The van der Waals surface area contributed by atoms with Gasteiger partial charge in [-0.2, -0.15) is 0 Å². The molecule has 0 radical (unpaired) electrons. The first kappa shape index (κ1) is 25.3. The Morgan fingerprint density at radius 3 is 2.69 bits per heavy atom. The molecule has 1 atom stereocenters. The van der Waals surface area contributed by atoms with Gasteiger partial charge in [0.05, 0.1) is 11.1 Å². The van der Waals surface area contributed by atoms with Gasteiger partial charge in [-0.25, -0.2) is 14.2 Å². The molecule has 1 aliphatic heterocycles. The molecule has 3 heterocycles. The third kappa shape index (κ3) is 6.08. The van der Waals surface area contributed by atoms with Crippen molar-refractivity contribution in [1.82, 2.24) is 9.97 Å². The summed E-state index contributed by atoms with van der Waals surface area (Å²) in [7, 11) is -1.60. The number of carbonyl (C=O) groups is 1. The van der Waals surface area contributed by atoms with Crippen LogP contribution < -0.4 is 9.62 Å². The number of pyridine rings is 1. The highest BCUT2D eigenvalue weighted by Crippen LogP contribution is 2.34. The molecular formula is C26H32N4O3S2. The first-order chi connectivity index (χ1) is 16.7. The summed E-state index contributed by atoms with van der Waals surface area (Å²) in [5.74, 6) is -0.212. The monoisotopic (exact) mass is 512 g/mol. The molecule has 9 heteroatoms. The number of thiazole rings is 1. The second-order valence-electron chi connectivity index (χ2n) is 9.56. The maximum absolute atomic E-state index is 13.2. The van der Waals surface area contributed by atoms with E-state index < -0.39 is 22.4 Å². The van der Waals surface area contributed by atoms with Gasteiger partial charge >= 0.3 is 5.97 Å². The van der Waals surface area contributed by atoms with Crippen LogP contribution in [-0.2, 0) is 22.2 Å². The summed E-state index contributed by atoms with van der Waals surface area (Å²) in [6.07, 6.45) is 5.10. The molecule has 186 valence electrons. The topological polar surface area (TPSA) is 95.4 Å². The van der Waals surface area contributed by atoms with E-state index >= 15 is 0 Å². The van der Waals surface area contributed by atoms with E-state index in [0.717, 1.165) is 48.2 Å². The van der Waals surface area contributed by atoms with Gasteiger partial charge in [0.15, 0.2) is 21.1 Å². The number of aryl methyl sites for hydroxylation is 2. The fourth-order valence-corrected chi connectivity index (χ4v) is 6.03. The van der Waals surface area contributed by atoms with Gasteiger partial charge in [0, 0.05) is 23.5 Å². The highest BCUT2D eigenvalue weighted by molar-refractivity contribution is 7.86. The van der Waals surface area contributed by atoms with Gasteiger partial charge in [-0.1, -0.05) is 43.2 Å². The molecule has 0 aliphatic carbocycles. The van der Waals surface area contributed by atoms with E-state index in [1.165, 1.54) is 16.9 Å². The number of nitrogens with one attached hydrogen (secondary N) is 1. The minimum absolute atomic E-state index is 0.321. The minimum atomic E-state index is -1.60. The van der Waals surface area contributed by atoms with Crippen LogP contribution in [0.15, 0.2) is 47.5 Å². The molecule has 0 saturated heterocycles. The van der Waals surface area contributed by atoms with Crippen LogP contribution in [-0.4, -0.2) is 38.3 Å². The van der Waals surface area contributed by atoms with Crippen molar-refractivity contribution in [2.24, 2.45) is 5.41 Å². The van der Waals surface area contributed by atoms with Crippen LogP contribution in [0.4, 0.5) is 10.9 Å². The lowest BCUT2D eigenvalue weighted by molar-refractivity contribution is -0.146. The molecule has 0 spiro atoms. The molecule has 4 rings (SSSR count). The van der Waals surface area contributed by atoms with E-state index in [2.05, 4.69) is 27.9 Å². The van der Waals surface area contributed by atoms with Crippen molar-refractivity contribution < 1.29 is 14.1 Å². The zero-order valence-electron chi connectivity index (χ0n) is 20.4. The van der Waals surface area contributed by atoms with Gasteiger partial charge in [-0.05, 0) is 57.7 Å². The quantitative estimate of drug-likeness (QED) is 0.469. The first-order valence-corrected chi connectivity index (χ1v) is 13.9. The summed E-state index contributed by atoms with van der Waals surface area (Å²) in [6, 6.07) is 13.8. The zero-order valence-corrected chi connectivity index (χ0v) is 22.0. The zero-order chi connectivity index (χ0) is 25.0. The van der Waals surface area contributed by atoms with Crippen molar-refractivity contribution in [2.75, 3.05) is 22.7 Å². The molecular weight excluding hydrogens is 480 g/mol. The first-order valence-electron chi connectivity index (χ1n) is 11.9. The number of benzene rings is 1. The Morgan fingerprint density at radius 2 is 1.89 bits per heavy atom. The van der Waals surface area contributed by atoms with Crippen LogP contribution in [0.1, 0.15) is 50.0 Å². The fraction of sp³-hybridized carbons (Fsp3) is 0.423. The number of nitrogens with zero attached hydrogens (tertiary/aromatic N) is 3. The molecule has 1 aromatic carbocycles. The smallest absolute Gasteiger partial charge is 0.310 e. The predicted octanol–water partition coefficient (Wildman–Crippen LogP) is 5.68. The third-order valence-corrected chi connectivity index (χ3v) is 8.26. The second-order valence-corrected chi connectivity index (χ2v) is 11.9. The number of anilines is 2. The molecule has 2 aromatic heterocycles. The highest BCUT2D eigenvalue weighted by atomic mass is 32.2. The Kier molecular flexibility index (Phi) is 7.86. The maximum atomic E-state index is 13.2. The summed E-state index contributed by atoms with van der Waals surface area (Å²) in [5, 5.41) is 10.7.